The van der Waals surface area contributed by atoms with Crippen LogP contribution in [0.3, 0.4) is 0 Å². The molecule has 0 fully saturated rings. The second-order valence-electron chi connectivity index (χ2n) is 6.45. The minimum absolute atomic E-state index is 0.0794. The van der Waals surface area contributed by atoms with Crippen LogP contribution in [0.15, 0.2) is 52.2 Å². The molecule has 1 aromatic heterocycles. The summed E-state index contributed by atoms with van der Waals surface area (Å²) in [5.41, 5.74) is 1.29. The molecule has 158 valence electrons. The van der Waals surface area contributed by atoms with E-state index in [0.717, 1.165) is 0 Å². The van der Waals surface area contributed by atoms with Crippen LogP contribution in [-0.4, -0.2) is 42.6 Å². The number of nitro groups is 1. The Morgan fingerprint density at radius 3 is 2.68 bits per heavy atom. The molecular formula is C18H11F3N6O3S. The van der Waals surface area contributed by atoms with Gasteiger partial charge in [0.15, 0.2) is 5.84 Å². The van der Waals surface area contributed by atoms with Crippen LogP contribution in [0.1, 0.15) is 11.3 Å². The highest BCUT2D eigenvalue weighted by Crippen LogP contribution is 2.35. The smallest absolute Gasteiger partial charge is 0.317 e. The Bertz CT molecular complexity index is 1240. The van der Waals surface area contributed by atoms with Gasteiger partial charge in [0.05, 0.1) is 10.5 Å². The van der Waals surface area contributed by atoms with Gasteiger partial charge in [0.25, 0.3) is 11.6 Å². The minimum atomic E-state index is -4.72. The third-order valence-corrected chi connectivity index (χ3v) is 5.37. The molecule has 0 aliphatic carbocycles. The first-order chi connectivity index (χ1) is 14.6. The van der Waals surface area contributed by atoms with E-state index in [0.29, 0.717) is 22.0 Å². The summed E-state index contributed by atoms with van der Waals surface area (Å²) in [4.78, 5) is 26.5. The molecule has 3 heterocycles. The van der Waals surface area contributed by atoms with E-state index in [2.05, 4.69) is 10.1 Å². The Balaban J connectivity index is 1.73. The van der Waals surface area contributed by atoms with Crippen LogP contribution in [0.5, 0.6) is 0 Å². The number of carbonyl (C=O) groups excluding carboxylic acids is 1. The molecular weight excluding hydrogens is 437 g/mol. The molecule has 1 amide bonds. The van der Waals surface area contributed by atoms with E-state index in [4.69, 9.17) is 5.41 Å². The third kappa shape index (κ3) is 3.63. The zero-order chi connectivity index (χ0) is 22.5. The van der Waals surface area contributed by atoms with E-state index in [1.165, 1.54) is 24.3 Å². The van der Waals surface area contributed by atoms with Crippen LogP contribution in [0.25, 0.3) is 11.8 Å². The number of amidine groups is 2. The van der Waals surface area contributed by atoms with Crippen molar-refractivity contribution in [2.45, 2.75) is 13.1 Å². The van der Waals surface area contributed by atoms with Gasteiger partial charge in [0.1, 0.15) is 0 Å². The standard InChI is InChI=1S/C18H11F3N6O3S/c1-9-7-11(27(29)30)4-5-13(9)25-6-2-3-10(25)8-12-14(22)26-17(23-15(12)28)31-16(24-26)18(19,20)21/h2-8,22H,1H3/b12-8-,22-14?. The van der Waals surface area contributed by atoms with E-state index in [-0.39, 0.29) is 28.2 Å². The highest BCUT2D eigenvalue weighted by atomic mass is 32.2. The fraction of sp³-hybridized carbons (Fsp3) is 0.111. The predicted molar refractivity (Wildman–Crippen MR) is 108 cm³/mol. The summed E-state index contributed by atoms with van der Waals surface area (Å²) in [6.07, 6.45) is -1.75. The van der Waals surface area contributed by atoms with Gasteiger partial charge >= 0.3 is 6.18 Å². The highest BCUT2D eigenvalue weighted by molar-refractivity contribution is 8.27. The maximum atomic E-state index is 12.9. The first-order valence-electron chi connectivity index (χ1n) is 8.56. The lowest BCUT2D eigenvalue weighted by molar-refractivity contribution is -0.384. The van der Waals surface area contributed by atoms with Gasteiger partial charge < -0.3 is 4.57 Å². The maximum Gasteiger partial charge on any atom is 0.441 e. The molecule has 13 heteroatoms. The van der Waals surface area contributed by atoms with Crippen molar-refractivity contribution in [2.24, 2.45) is 10.1 Å². The number of aromatic nitrogens is 1. The van der Waals surface area contributed by atoms with E-state index >= 15 is 0 Å². The Morgan fingerprint density at radius 2 is 2.03 bits per heavy atom. The fourth-order valence-corrected chi connectivity index (χ4v) is 3.77. The predicted octanol–water partition coefficient (Wildman–Crippen LogP) is 3.88. The van der Waals surface area contributed by atoms with Crippen LogP contribution < -0.4 is 0 Å². The summed E-state index contributed by atoms with van der Waals surface area (Å²) in [6, 6.07) is 7.54. The highest BCUT2D eigenvalue weighted by Gasteiger charge is 2.46. The summed E-state index contributed by atoms with van der Waals surface area (Å²) in [5.74, 6) is -1.40. The number of hydrogen-bond donors (Lipinski definition) is 1. The van der Waals surface area contributed by atoms with E-state index in [9.17, 15) is 28.1 Å². The normalized spacial score (nSPS) is 17.7. The Morgan fingerprint density at radius 1 is 1.29 bits per heavy atom. The molecule has 0 radical (unpaired) electrons. The van der Waals surface area contributed by atoms with Gasteiger partial charge in [-0.05, 0) is 48.5 Å². The van der Waals surface area contributed by atoms with Crippen molar-refractivity contribution in [1.82, 2.24) is 9.58 Å². The number of benzene rings is 1. The van der Waals surface area contributed by atoms with Crippen molar-refractivity contribution >= 4 is 45.5 Å². The number of nitrogens with one attached hydrogen (secondary N) is 1. The van der Waals surface area contributed by atoms with Crippen LogP contribution in [0, 0.1) is 22.4 Å². The second-order valence-corrected chi connectivity index (χ2v) is 7.41. The van der Waals surface area contributed by atoms with Gasteiger partial charge in [0.2, 0.25) is 10.2 Å². The van der Waals surface area contributed by atoms with Gasteiger partial charge in [-0.1, -0.05) is 0 Å². The van der Waals surface area contributed by atoms with Crippen LogP contribution >= 0.6 is 11.8 Å². The number of hydrazone groups is 1. The number of amides is 1. The topological polar surface area (TPSA) is 117 Å². The lowest BCUT2D eigenvalue weighted by Gasteiger charge is -2.20. The first kappa shape index (κ1) is 20.5. The summed E-state index contributed by atoms with van der Waals surface area (Å²) >= 11 is 0.176. The number of rotatable bonds is 3. The molecule has 0 saturated carbocycles. The molecule has 0 bridgehead atoms. The van der Waals surface area contributed by atoms with E-state index in [1.54, 1.807) is 29.8 Å². The Kier molecular flexibility index (Phi) is 4.76. The average Bonchev–Trinajstić information content (AvgIpc) is 3.31. The Hall–Kier alpha value is -3.74. The molecule has 1 N–H and O–H groups in total. The third-order valence-electron chi connectivity index (χ3n) is 4.42. The molecule has 0 unspecified atom stereocenters. The number of hydrogen-bond acceptors (Lipinski definition) is 6. The monoisotopic (exact) mass is 448 g/mol. The van der Waals surface area contributed by atoms with Crippen LogP contribution in [0.2, 0.25) is 0 Å². The lowest BCUT2D eigenvalue weighted by atomic mass is 10.1. The number of alkyl halides is 3. The number of nitro benzene ring substituents is 1. The number of fused-ring (bicyclic) bond motifs is 1. The number of nitrogens with zero attached hydrogens (tertiary/aromatic N) is 5. The Labute approximate surface area is 176 Å². The van der Waals surface area contributed by atoms with Crippen molar-refractivity contribution in [2.75, 3.05) is 0 Å². The summed E-state index contributed by atoms with van der Waals surface area (Å²) in [5, 5.41) is 21.6. The number of aliphatic imine (C=N–C) groups is 1. The SMILES string of the molecule is Cc1cc([N+](=O)[O-])ccc1-n1cccc1/C=C1/C(=N)N2N=C(C(F)(F)F)SC2=NC1=O. The zero-order valence-corrected chi connectivity index (χ0v) is 16.4. The number of halogens is 3. The molecule has 2 aliphatic heterocycles. The van der Waals surface area contributed by atoms with Crippen molar-refractivity contribution in [3.8, 4) is 5.69 Å². The average molecular weight is 448 g/mol. The molecule has 2 aromatic rings. The van der Waals surface area contributed by atoms with Gasteiger partial charge in [-0.3, -0.25) is 20.3 Å². The van der Waals surface area contributed by atoms with Crippen LogP contribution in [0.4, 0.5) is 18.9 Å². The van der Waals surface area contributed by atoms with Crippen molar-refractivity contribution in [3.63, 3.8) is 0 Å². The summed E-state index contributed by atoms with van der Waals surface area (Å²) in [6.45, 7) is 1.68. The van der Waals surface area contributed by atoms with E-state index < -0.39 is 27.9 Å². The molecule has 0 atom stereocenters. The molecule has 0 saturated heterocycles. The molecule has 4 rings (SSSR count). The molecule has 31 heavy (non-hydrogen) atoms. The fourth-order valence-electron chi connectivity index (χ4n) is 3.01. The molecule has 2 aliphatic rings. The van der Waals surface area contributed by atoms with Crippen molar-refractivity contribution < 1.29 is 22.9 Å². The number of carbonyl (C=O) groups is 1. The second kappa shape index (κ2) is 7.19. The summed E-state index contributed by atoms with van der Waals surface area (Å²) in [7, 11) is 0. The molecule has 0 spiro atoms. The maximum absolute atomic E-state index is 12.9. The van der Waals surface area contributed by atoms with Crippen LogP contribution in [-0.2, 0) is 4.79 Å². The largest absolute Gasteiger partial charge is 0.441 e. The van der Waals surface area contributed by atoms with Crippen molar-refractivity contribution in [3.05, 3.63) is 63.5 Å². The number of non-ortho nitro benzene ring substituents is 1. The number of aryl methyl sites for hydroxylation is 1. The van der Waals surface area contributed by atoms with Gasteiger partial charge in [0, 0.05) is 29.7 Å². The van der Waals surface area contributed by atoms with Gasteiger partial charge in [-0.15, -0.1) is 0 Å². The van der Waals surface area contributed by atoms with E-state index in [1.807, 2.05) is 0 Å². The molecule has 9 nitrogen and oxygen atoms in total. The first-order valence-corrected chi connectivity index (χ1v) is 9.38. The lowest BCUT2D eigenvalue weighted by Crippen LogP contribution is -2.35. The van der Waals surface area contributed by atoms with Gasteiger partial charge in [-0.25, -0.2) is 0 Å². The van der Waals surface area contributed by atoms with Crippen molar-refractivity contribution in [1.29, 1.82) is 5.41 Å². The zero-order valence-electron chi connectivity index (χ0n) is 15.5. The quantitative estimate of drug-likeness (QED) is 0.435. The summed E-state index contributed by atoms with van der Waals surface area (Å²) < 4.78 is 40.4. The molecule has 1 aromatic carbocycles. The number of thioether (sulfide) groups is 1. The minimum Gasteiger partial charge on any atom is -0.317 e. The van der Waals surface area contributed by atoms with Gasteiger partial charge in [-0.2, -0.15) is 28.3 Å².